The summed E-state index contributed by atoms with van der Waals surface area (Å²) < 4.78 is 96.1. The molecule has 0 aliphatic rings. The van der Waals surface area contributed by atoms with Crippen molar-refractivity contribution in [2.24, 2.45) is 0 Å². The molecule has 1 N–H and O–H groups in total. The molecule has 0 unspecified atom stereocenters. The number of carbonyl (C=O) groups excluding carboxylic acids is 1. The Hall–Kier alpha value is -1.96. The third-order valence-corrected chi connectivity index (χ3v) is 4.73. The lowest BCUT2D eigenvalue weighted by Crippen LogP contribution is -2.34. The molecule has 12 heteroatoms. The van der Waals surface area contributed by atoms with E-state index in [-0.39, 0.29) is 5.75 Å². The van der Waals surface area contributed by atoms with E-state index in [0.717, 1.165) is 8.29 Å². The SMILES string of the molecule is O=C(NS(=O)(=O)c1c(F)c(F)c(F)c(F)c1F)Oc1ccc(I)cc1. The van der Waals surface area contributed by atoms with E-state index in [0.29, 0.717) is 0 Å². The number of hydrogen-bond donors (Lipinski definition) is 1. The summed E-state index contributed by atoms with van der Waals surface area (Å²) in [6.45, 7) is 0. The third-order valence-electron chi connectivity index (χ3n) is 2.68. The largest absolute Gasteiger partial charge is 0.426 e. The number of rotatable bonds is 3. The molecule has 0 saturated carbocycles. The van der Waals surface area contributed by atoms with Gasteiger partial charge in [0.25, 0.3) is 10.0 Å². The maximum atomic E-state index is 13.5. The maximum absolute atomic E-state index is 13.5. The number of amides is 1. The monoisotopic (exact) mass is 493 g/mol. The van der Waals surface area contributed by atoms with Crippen molar-refractivity contribution in [3.8, 4) is 5.75 Å². The van der Waals surface area contributed by atoms with Crippen molar-refractivity contribution in [3.05, 3.63) is 56.9 Å². The van der Waals surface area contributed by atoms with Crippen molar-refractivity contribution in [2.45, 2.75) is 4.90 Å². The van der Waals surface area contributed by atoms with Gasteiger partial charge >= 0.3 is 6.09 Å². The number of halogens is 6. The lowest BCUT2D eigenvalue weighted by atomic mass is 10.3. The van der Waals surface area contributed by atoms with E-state index < -0.39 is 50.1 Å². The summed E-state index contributed by atoms with van der Waals surface area (Å²) in [5.74, 6) is -12.8. The molecule has 0 atom stereocenters. The van der Waals surface area contributed by atoms with Crippen LogP contribution in [0.4, 0.5) is 26.7 Å². The molecule has 2 rings (SSSR count). The number of sulfonamides is 1. The van der Waals surface area contributed by atoms with Crippen molar-refractivity contribution < 1.29 is 39.9 Å². The Balaban J connectivity index is 2.33. The van der Waals surface area contributed by atoms with E-state index in [2.05, 4.69) is 4.74 Å². The van der Waals surface area contributed by atoms with E-state index in [1.54, 1.807) is 0 Å². The second kappa shape index (κ2) is 7.11. The zero-order chi connectivity index (χ0) is 18.9. The highest BCUT2D eigenvalue weighted by atomic mass is 127. The lowest BCUT2D eigenvalue weighted by Gasteiger charge is -2.10. The third kappa shape index (κ3) is 4.00. The smallest absolute Gasteiger partial charge is 0.410 e. The summed E-state index contributed by atoms with van der Waals surface area (Å²) in [6, 6.07) is 5.57. The Morgan fingerprint density at radius 3 is 1.80 bits per heavy atom. The first-order valence-corrected chi connectivity index (χ1v) is 8.62. The number of carbonyl (C=O) groups is 1. The summed E-state index contributed by atoms with van der Waals surface area (Å²) in [5.41, 5.74) is 0. The van der Waals surface area contributed by atoms with Crippen molar-refractivity contribution >= 4 is 38.7 Å². The van der Waals surface area contributed by atoms with Crippen LogP contribution in [0.5, 0.6) is 5.75 Å². The Labute approximate surface area is 151 Å². The highest BCUT2D eigenvalue weighted by Gasteiger charge is 2.34. The molecule has 0 bridgehead atoms. The van der Waals surface area contributed by atoms with Gasteiger partial charge in [-0.05, 0) is 46.9 Å². The average Bonchev–Trinajstić information content (AvgIpc) is 2.52. The average molecular weight is 493 g/mol. The first kappa shape index (κ1) is 19.4. The van der Waals surface area contributed by atoms with Gasteiger partial charge in [-0.2, -0.15) is 0 Å². The standard InChI is InChI=1S/C13H5F5INO4S/c14-7-8(15)10(17)12(11(18)9(7)16)25(22,23)20-13(21)24-6-3-1-5(19)2-4-6/h1-4H,(H,20,21). The first-order chi connectivity index (χ1) is 11.5. The van der Waals surface area contributed by atoms with Gasteiger partial charge in [0.2, 0.25) is 5.82 Å². The Morgan fingerprint density at radius 2 is 1.32 bits per heavy atom. The van der Waals surface area contributed by atoms with Crippen LogP contribution in [0.3, 0.4) is 0 Å². The van der Waals surface area contributed by atoms with Gasteiger partial charge in [0.1, 0.15) is 5.75 Å². The summed E-state index contributed by atoms with van der Waals surface area (Å²) in [6.07, 6.45) is -1.70. The van der Waals surface area contributed by atoms with Crippen molar-refractivity contribution in [1.29, 1.82) is 0 Å². The predicted octanol–water partition coefficient (Wildman–Crippen LogP) is 3.46. The minimum absolute atomic E-state index is 0.120. The Bertz CT molecular complexity index is 921. The molecule has 0 aliphatic heterocycles. The van der Waals surface area contributed by atoms with Crippen LogP contribution in [0.25, 0.3) is 0 Å². The van der Waals surface area contributed by atoms with E-state index in [4.69, 9.17) is 0 Å². The summed E-state index contributed by atoms with van der Waals surface area (Å²) >= 11 is 1.94. The summed E-state index contributed by atoms with van der Waals surface area (Å²) in [7, 11) is -5.43. The molecule has 0 aliphatic carbocycles. The van der Waals surface area contributed by atoms with Gasteiger partial charge in [-0.25, -0.2) is 39.9 Å². The number of ether oxygens (including phenoxy) is 1. The molecular formula is C13H5F5INO4S. The minimum Gasteiger partial charge on any atom is -0.410 e. The van der Waals surface area contributed by atoms with Gasteiger partial charge in [0.15, 0.2) is 28.2 Å². The number of nitrogens with one attached hydrogen (secondary N) is 1. The highest BCUT2D eigenvalue weighted by Crippen LogP contribution is 2.26. The minimum atomic E-state index is -5.43. The summed E-state index contributed by atoms with van der Waals surface area (Å²) in [4.78, 5) is 9.33. The first-order valence-electron chi connectivity index (χ1n) is 6.06. The molecule has 0 saturated heterocycles. The van der Waals surface area contributed by atoms with Crippen LogP contribution < -0.4 is 9.46 Å². The van der Waals surface area contributed by atoms with Gasteiger partial charge in [-0.3, -0.25) is 0 Å². The Kier molecular flexibility index (Phi) is 5.51. The van der Waals surface area contributed by atoms with Gasteiger partial charge in [0, 0.05) is 3.57 Å². The van der Waals surface area contributed by atoms with E-state index in [1.165, 1.54) is 24.3 Å². The number of hydrogen-bond acceptors (Lipinski definition) is 4. The fourth-order valence-electron chi connectivity index (χ4n) is 1.61. The molecule has 25 heavy (non-hydrogen) atoms. The highest BCUT2D eigenvalue weighted by molar-refractivity contribution is 14.1. The van der Waals surface area contributed by atoms with E-state index in [9.17, 15) is 35.2 Å². The maximum Gasteiger partial charge on any atom is 0.426 e. The van der Waals surface area contributed by atoms with E-state index in [1.807, 2.05) is 22.6 Å². The Morgan fingerprint density at radius 1 is 0.880 bits per heavy atom. The fourth-order valence-corrected chi connectivity index (χ4v) is 2.99. The second-order valence-electron chi connectivity index (χ2n) is 4.35. The lowest BCUT2D eigenvalue weighted by molar-refractivity contribution is 0.206. The van der Waals surface area contributed by atoms with Crippen LogP contribution in [-0.2, 0) is 10.0 Å². The van der Waals surface area contributed by atoms with Gasteiger partial charge in [0.05, 0.1) is 0 Å². The molecular weight excluding hydrogens is 488 g/mol. The van der Waals surface area contributed by atoms with Crippen LogP contribution in [0.15, 0.2) is 29.2 Å². The second-order valence-corrected chi connectivity index (χ2v) is 7.21. The summed E-state index contributed by atoms with van der Waals surface area (Å²) in [5, 5.41) is 0. The van der Waals surface area contributed by atoms with Crippen LogP contribution >= 0.6 is 22.6 Å². The fraction of sp³-hybridized carbons (Fsp3) is 0. The van der Waals surface area contributed by atoms with Crippen molar-refractivity contribution in [2.75, 3.05) is 0 Å². The molecule has 1 amide bonds. The van der Waals surface area contributed by atoms with Crippen LogP contribution in [0.1, 0.15) is 0 Å². The molecule has 2 aromatic carbocycles. The van der Waals surface area contributed by atoms with E-state index >= 15 is 0 Å². The van der Waals surface area contributed by atoms with Crippen LogP contribution in [0.2, 0.25) is 0 Å². The molecule has 134 valence electrons. The van der Waals surface area contributed by atoms with Gasteiger partial charge < -0.3 is 4.74 Å². The zero-order valence-electron chi connectivity index (χ0n) is 11.6. The van der Waals surface area contributed by atoms with Crippen molar-refractivity contribution in [1.82, 2.24) is 4.72 Å². The van der Waals surface area contributed by atoms with Gasteiger partial charge in [-0.1, -0.05) is 0 Å². The van der Waals surface area contributed by atoms with Crippen LogP contribution in [-0.4, -0.2) is 14.5 Å². The predicted molar refractivity (Wildman–Crippen MR) is 81.7 cm³/mol. The molecule has 0 aromatic heterocycles. The zero-order valence-corrected chi connectivity index (χ0v) is 14.6. The molecule has 0 radical (unpaired) electrons. The number of benzene rings is 2. The normalized spacial score (nSPS) is 11.3. The molecule has 5 nitrogen and oxygen atoms in total. The molecule has 0 fully saturated rings. The van der Waals surface area contributed by atoms with Crippen molar-refractivity contribution in [3.63, 3.8) is 0 Å². The molecule has 2 aromatic rings. The topological polar surface area (TPSA) is 72.5 Å². The quantitative estimate of drug-likeness (QED) is 0.308. The molecule has 0 heterocycles. The van der Waals surface area contributed by atoms with Crippen LogP contribution in [0, 0.1) is 32.7 Å². The molecule has 0 spiro atoms. The van der Waals surface area contributed by atoms with Gasteiger partial charge in [-0.15, -0.1) is 0 Å².